The number of nitrogens with zero attached hydrogens (tertiary/aromatic N) is 1. The molecule has 1 rings (SSSR count). The quantitative estimate of drug-likeness (QED) is 0.231. The summed E-state index contributed by atoms with van der Waals surface area (Å²) in [5.41, 5.74) is 8.52. The maximum absolute atomic E-state index is 5.38. The number of allylic oxidation sites excluding steroid dienone is 3. The molecule has 1 aliphatic carbocycles. The van der Waals surface area contributed by atoms with E-state index in [0.29, 0.717) is 5.92 Å². The Labute approximate surface area is 73.5 Å². The summed E-state index contributed by atoms with van der Waals surface area (Å²) in [5, 5.41) is 0. The first kappa shape index (κ1) is 8.80. The Morgan fingerprint density at radius 1 is 1.83 bits per heavy atom. The van der Waals surface area contributed by atoms with E-state index in [1.165, 1.54) is 0 Å². The molecule has 0 bridgehead atoms. The molecule has 1 unspecified atom stereocenters. The SMILES string of the molecule is CC1C=CC(N=C(N)NN)=CC1.[HH]. The Morgan fingerprint density at radius 3 is 3.08 bits per heavy atom. The van der Waals surface area contributed by atoms with Gasteiger partial charge < -0.3 is 5.73 Å². The fourth-order valence-corrected chi connectivity index (χ4v) is 0.970. The lowest BCUT2D eigenvalue weighted by Crippen LogP contribution is -2.37. The second kappa shape index (κ2) is 3.92. The number of hydrogen-bond acceptors (Lipinski definition) is 2. The van der Waals surface area contributed by atoms with E-state index in [-0.39, 0.29) is 7.39 Å². The van der Waals surface area contributed by atoms with Gasteiger partial charge in [-0.1, -0.05) is 19.1 Å². The average molecular weight is 168 g/mol. The maximum Gasteiger partial charge on any atom is 0.208 e. The van der Waals surface area contributed by atoms with Crippen LogP contribution in [0, 0.1) is 5.92 Å². The highest BCUT2D eigenvalue weighted by atomic mass is 15.3. The van der Waals surface area contributed by atoms with Crippen LogP contribution in [0.3, 0.4) is 0 Å². The third kappa shape index (κ3) is 2.39. The molecule has 1 atom stereocenters. The number of nitrogens with two attached hydrogens (primary N) is 2. The van der Waals surface area contributed by atoms with Crippen molar-refractivity contribution in [3.63, 3.8) is 0 Å². The summed E-state index contributed by atoms with van der Waals surface area (Å²) in [6.07, 6.45) is 7.09. The fraction of sp³-hybridized carbons (Fsp3) is 0.375. The van der Waals surface area contributed by atoms with Crippen molar-refractivity contribution in [1.82, 2.24) is 5.43 Å². The van der Waals surface area contributed by atoms with Crippen LogP contribution >= 0.6 is 0 Å². The first-order valence-electron chi connectivity index (χ1n) is 3.91. The minimum absolute atomic E-state index is 0. The van der Waals surface area contributed by atoms with Gasteiger partial charge in [0.1, 0.15) is 0 Å². The van der Waals surface area contributed by atoms with Gasteiger partial charge in [0.05, 0.1) is 5.70 Å². The molecule has 0 radical (unpaired) electrons. The maximum atomic E-state index is 5.38. The summed E-state index contributed by atoms with van der Waals surface area (Å²) in [7, 11) is 0. The molecule has 0 amide bonds. The molecule has 0 fully saturated rings. The van der Waals surface area contributed by atoms with E-state index in [1.54, 1.807) is 0 Å². The Bertz CT molecular complexity index is 245. The summed E-state index contributed by atoms with van der Waals surface area (Å²) in [4.78, 5) is 4.02. The fourth-order valence-electron chi connectivity index (χ4n) is 0.970. The first-order valence-corrected chi connectivity index (χ1v) is 3.91. The molecule has 4 heteroatoms. The van der Waals surface area contributed by atoms with E-state index in [9.17, 15) is 0 Å². The van der Waals surface area contributed by atoms with Gasteiger partial charge in [0.25, 0.3) is 0 Å². The Balaban J connectivity index is 0.00000144. The van der Waals surface area contributed by atoms with Crippen molar-refractivity contribution in [2.75, 3.05) is 0 Å². The van der Waals surface area contributed by atoms with Crippen LogP contribution in [0.4, 0.5) is 0 Å². The van der Waals surface area contributed by atoms with Gasteiger partial charge >= 0.3 is 0 Å². The molecular weight excluding hydrogens is 152 g/mol. The predicted molar refractivity (Wildman–Crippen MR) is 52.1 cm³/mol. The van der Waals surface area contributed by atoms with Crippen LogP contribution in [-0.4, -0.2) is 5.96 Å². The Morgan fingerprint density at radius 2 is 2.58 bits per heavy atom. The van der Waals surface area contributed by atoms with Gasteiger partial charge in [-0.3, -0.25) is 5.43 Å². The molecule has 1 aliphatic rings. The smallest absolute Gasteiger partial charge is 0.208 e. The molecule has 4 nitrogen and oxygen atoms in total. The normalized spacial score (nSPS) is 23.7. The van der Waals surface area contributed by atoms with Crippen LogP contribution in [0.25, 0.3) is 0 Å². The molecular formula is C8H16N4. The Kier molecular flexibility index (Phi) is 2.88. The zero-order chi connectivity index (χ0) is 8.97. The summed E-state index contributed by atoms with van der Waals surface area (Å²) < 4.78 is 0. The van der Waals surface area contributed by atoms with Crippen LogP contribution in [-0.2, 0) is 0 Å². The highest BCUT2D eigenvalue weighted by Crippen LogP contribution is 2.15. The molecule has 68 valence electrons. The number of rotatable bonds is 1. The van der Waals surface area contributed by atoms with Crippen LogP contribution in [0.15, 0.2) is 28.9 Å². The van der Waals surface area contributed by atoms with Crippen molar-refractivity contribution in [2.45, 2.75) is 13.3 Å². The lowest BCUT2D eigenvalue weighted by atomic mass is 10.0. The molecule has 0 aliphatic heterocycles. The van der Waals surface area contributed by atoms with Crippen LogP contribution in [0.2, 0.25) is 0 Å². The topological polar surface area (TPSA) is 76.4 Å². The second-order valence-electron chi connectivity index (χ2n) is 2.84. The van der Waals surface area contributed by atoms with E-state index < -0.39 is 0 Å². The minimum Gasteiger partial charge on any atom is -0.369 e. The van der Waals surface area contributed by atoms with Gasteiger partial charge in [-0.2, -0.15) is 0 Å². The molecule has 12 heavy (non-hydrogen) atoms. The lowest BCUT2D eigenvalue weighted by Gasteiger charge is -2.08. The van der Waals surface area contributed by atoms with Crippen LogP contribution in [0.5, 0.6) is 0 Å². The predicted octanol–water partition coefficient (Wildman–Crippen LogP) is 0.490. The summed E-state index contributed by atoms with van der Waals surface area (Å²) >= 11 is 0. The third-order valence-electron chi connectivity index (χ3n) is 1.69. The van der Waals surface area contributed by atoms with E-state index in [0.717, 1.165) is 12.1 Å². The number of guanidine groups is 1. The van der Waals surface area contributed by atoms with E-state index in [2.05, 4.69) is 23.4 Å². The number of hydrazine groups is 1. The van der Waals surface area contributed by atoms with Gasteiger partial charge in [-0.25, -0.2) is 10.8 Å². The van der Waals surface area contributed by atoms with E-state index >= 15 is 0 Å². The first-order chi connectivity index (χ1) is 5.72. The lowest BCUT2D eigenvalue weighted by molar-refractivity contribution is 0.729. The second-order valence-corrected chi connectivity index (χ2v) is 2.84. The van der Waals surface area contributed by atoms with Gasteiger partial charge in [0.2, 0.25) is 5.96 Å². The van der Waals surface area contributed by atoms with Crippen molar-refractivity contribution in [2.24, 2.45) is 22.5 Å². The van der Waals surface area contributed by atoms with Gasteiger partial charge in [-0.05, 0) is 18.4 Å². The van der Waals surface area contributed by atoms with Crippen LogP contribution < -0.4 is 17.0 Å². The van der Waals surface area contributed by atoms with E-state index in [4.69, 9.17) is 11.6 Å². The van der Waals surface area contributed by atoms with Crippen molar-refractivity contribution in [3.05, 3.63) is 23.9 Å². The largest absolute Gasteiger partial charge is 0.369 e. The summed E-state index contributed by atoms with van der Waals surface area (Å²) in [5.74, 6) is 5.89. The number of hydrogen-bond donors (Lipinski definition) is 3. The van der Waals surface area contributed by atoms with Crippen molar-refractivity contribution < 1.29 is 1.43 Å². The molecule has 0 aromatic carbocycles. The molecule has 0 aromatic rings. The van der Waals surface area contributed by atoms with Gasteiger partial charge in [-0.15, -0.1) is 0 Å². The molecule has 0 spiro atoms. The van der Waals surface area contributed by atoms with Crippen molar-refractivity contribution in [3.8, 4) is 0 Å². The van der Waals surface area contributed by atoms with E-state index in [1.807, 2.05) is 12.2 Å². The number of aliphatic imine (C=N–C) groups is 1. The monoisotopic (exact) mass is 168 g/mol. The molecule has 0 saturated heterocycles. The van der Waals surface area contributed by atoms with Gasteiger partial charge in [0.15, 0.2) is 0 Å². The zero-order valence-corrected chi connectivity index (χ0v) is 7.12. The van der Waals surface area contributed by atoms with Crippen LogP contribution in [0.1, 0.15) is 14.8 Å². The average Bonchev–Trinajstić information content (AvgIpc) is 2.09. The third-order valence-corrected chi connectivity index (χ3v) is 1.69. The Hall–Kier alpha value is -1.29. The summed E-state index contributed by atoms with van der Waals surface area (Å²) in [6, 6.07) is 0. The van der Waals surface area contributed by atoms with Gasteiger partial charge in [0, 0.05) is 1.43 Å². The summed E-state index contributed by atoms with van der Waals surface area (Å²) in [6.45, 7) is 2.15. The minimum atomic E-state index is 0. The molecule has 5 N–H and O–H groups in total. The highest BCUT2D eigenvalue weighted by Gasteiger charge is 2.02. The molecule has 0 heterocycles. The number of nitrogens with one attached hydrogen (secondary N) is 1. The molecule has 0 saturated carbocycles. The van der Waals surface area contributed by atoms with Crippen molar-refractivity contribution in [1.29, 1.82) is 0 Å². The zero-order valence-electron chi connectivity index (χ0n) is 7.12. The highest BCUT2D eigenvalue weighted by molar-refractivity contribution is 5.78. The molecule has 0 aromatic heterocycles. The van der Waals surface area contributed by atoms with Crippen molar-refractivity contribution >= 4 is 5.96 Å². The standard InChI is InChI=1S/C8H14N4.H2/c1-6-2-4-7(5-3-6)11-8(9)12-10;/h2,4-6H,3,10H2,1H3,(H3,9,11,12);1H.